The molecule has 0 unspecified atom stereocenters. The fraction of sp³-hybridized carbons (Fsp3) is 0.136. The van der Waals surface area contributed by atoms with Gasteiger partial charge in [0.15, 0.2) is 11.5 Å². The first-order chi connectivity index (χ1) is 12.7. The van der Waals surface area contributed by atoms with E-state index in [-0.39, 0.29) is 0 Å². The van der Waals surface area contributed by atoms with Gasteiger partial charge in [0.2, 0.25) is 0 Å². The number of aromatic nitrogens is 3. The lowest BCUT2D eigenvalue weighted by Crippen LogP contribution is -2.00. The normalized spacial score (nSPS) is 13.1. The Hall–Kier alpha value is -3.27. The molecule has 0 atom stereocenters. The molecule has 0 fully saturated rings. The Morgan fingerprint density at radius 2 is 1.46 bits per heavy atom. The van der Waals surface area contributed by atoms with Gasteiger partial charge in [0.1, 0.15) is 5.82 Å². The maximum Gasteiger partial charge on any atom is 0.179 e. The molecule has 0 saturated heterocycles. The molecule has 0 radical (unpaired) electrons. The minimum Gasteiger partial charge on any atom is -0.341 e. The van der Waals surface area contributed by atoms with E-state index in [1.165, 1.54) is 16.7 Å². The molecular weight excluding hydrogens is 320 g/mol. The number of nitrogens with zero attached hydrogens (tertiary/aromatic N) is 3. The first-order valence-electron chi connectivity index (χ1n) is 8.77. The van der Waals surface area contributed by atoms with E-state index in [9.17, 15) is 0 Å². The summed E-state index contributed by atoms with van der Waals surface area (Å²) < 4.78 is 0. The number of pyridine rings is 1. The van der Waals surface area contributed by atoms with Crippen molar-refractivity contribution in [1.29, 1.82) is 0 Å². The number of aliphatic imine (C=N–C) groups is 1. The Kier molecular flexibility index (Phi) is 3.25. The average Bonchev–Trinajstić information content (AvgIpc) is 3.21. The molecule has 5 rings (SSSR count). The van der Waals surface area contributed by atoms with Crippen molar-refractivity contribution in [2.75, 3.05) is 0 Å². The molecule has 26 heavy (non-hydrogen) atoms. The SMILES string of the molecule is Cc1ccc(-c2ccc(C3=Nc4nc5nc(C)[nH]c5cc4C3)cc2)cc1. The molecule has 4 nitrogen and oxygen atoms in total. The molecular formula is C22H18N4. The minimum atomic E-state index is 0.737. The van der Waals surface area contributed by atoms with Crippen molar-refractivity contribution in [3.05, 3.63) is 77.1 Å². The molecule has 4 heteroatoms. The molecule has 0 bridgehead atoms. The second-order valence-electron chi connectivity index (χ2n) is 6.84. The van der Waals surface area contributed by atoms with Gasteiger partial charge in [-0.3, -0.25) is 0 Å². The number of hydrogen-bond donors (Lipinski definition) is 1. The minimum absolute atomic E-state index is 0.737. The summed E-state index contributed by atoms with van der Waals surface area (Å²) in [6.45, 7) is 4.05. The van der Waals surface area contributed by atoms with Crippen molar-refractivity contribution in [2.24, 2.45) is 4.99 Å². The van der Waals surface area contributed by atoms with E-state index in [4.69, 9.17) is 4.99 Å². The number of benzene rings is 2. The molecule has 1 aliphatic rings. The van der Waals surface area contributed by atoms with Crippen molar-refractivity contribution >= 4 is 22.7 Å². The topological polar surface area (TPSA) is 53.9 Å². The molecule has 4 aromatic rings. The summed E-state index contributed by atoms with van der Waals surface area (Å²) in [6.07, 6.45) is 0.806. The van der Waals surface area contributed by atoms with Gasteiger partial charge in [-0.15, -0.1) is 0 Å². The summed E-state index contributed by atoms with van der Waals surface area (Å²) in [4.78, 5) is 17.0. The zero-order chi connectivity index (χ0) is 17.7. The summed E-state index contributed by atoms with van der Waals surface area (Å²) in [5.41, 5.74) is 8.80. The number of aryl methyl sites for hydroxylation is 2. The molecule has 0 amide bonds. The molecule has 2 aromatic heterocycles. The molecule has 126 valence electrons. The number of nitrogens with one attached hydrogen (secondary N) is 1. The van der Waals surface area contributed by atoms with Crippen LogP contribution in [0.25, 0.3) is 22.3 Å². The van der Waals surface area contributed by atoms with Crippen molar-refractivity contribution in [1.82, 2.24) is 15.0 Å². The van der Waals surface area contributed by atoms with Gasteiger partial charge in [-0.05, 0) is 36.6 Å². The maximum absolute atomic E-state index is 4.75. The van der Waals surface area contributed by atoms with Gasteiger partial charge in [0, 0.05) is 12.0 Å². The van der Waals surface area contributed by atoms with E-state index >= 15 is 0 Å². The average molecular weight is 338 g/mol. The Bertz CT molecular complexity index is 1150. The van der Waals surface area contributed by atoms with Crippen LogP contribution in [0.15, 0.2) is 59.6 Å². The van der Waals surface area contributed by atoms with Gasteiger partial charge in [-0.2, -0.15) is 0 Å². The number of hydrogen-bond acceptors (Lipinski definition) is 3. The molecule has 2 aromatic carbocycles. The van der Waals surface area contributed by atoms with Crippen molar-refractivity contribution in [3.8, 4) is 11.1 Å². The van der Waals surface area contributed by atoms with E-state index in [2.05, 4.69) is 76.5 Å². The number of fused-ring (bicyclic) bond motifs is 2. The van der Waals surface area contributed by atoms with E-state index in [1.807, 2.05) is 6.92 Å². The van der Waals surface area contributed by atoms with Crippen molar-refractivity contribution in [2.45, 2.75) is 20.3 Å². The van der Waals surface area contributed by atoms with Crippen LogP contribution in [0.3, 0.4) is 0 Å². The summed E-state index contributed by atoms with van der Waals surface area (Å²) >= 11 is 0. The number of imidazole rings is 1. The highest BCUT2D eigenvalue weighted by molar-refractivity contribution is 6.06. The van der Waals surface area contributed by atoms with E-state index in [0.717, 1.165) is 46.1 Å². The van der Waals surface area contributed by atoms with Crippen LogP contribution < -0.4 is 0 Å². The van der Waals surface area contributed by atoms with E-state index in [1.54, 1.807) is 0 Å². The smallest absolute Gasteiger partial charge is 0.179 e. The van der Waals surface area contributed by atoms with Gasteiger partial charge in [-0.25, -0.2) is 15.0 Å². The Balaban J connectivity index is 1.46. The fourth-order valence-corrected chi connectivity index (χ4v) is 3.44. The summed E-state index contributed by atoms with van der Waals surface area (Å²) in [6, 6.07) is 19.3. The first-order valence-corrected chi connectivity index (χ1v) is 8.77. The molecule has 1 N–H and O–H groups in total. The summed E-state index contributed by atoms with van der Waals surface area (Å²) in [7, 11) is 0. The van der Waals surface area contributed by atoms with E-state index < -0.39 is 0 Å². The molecule has 3 heterocycles. The predicted octanol–water partition coefficient (Wildman–Crippen LogP) is 4.92. The first kappa shape index (κ1) is 15.0. The highest BCUT2D eigenvalue weighted by Gasteiger charge is 2.19. The highest BCUT2D eigenvalue weighted by atomic mass is 15.0. The van der Waals surface area contributed by atoms with Crippen LogP contribution >= 0.6 is 0 Å². The second kappa shape index (κ2) is 5.63. The zero-order valence-corrected chi connectivity index (χ0v) is 14.7. The fourth-order valence-electron chi connectivity index (χ4n) is 3.44. The molecule has 0 saturated carbocycles. The van der Waals surface area contributed by atoms with Gasteiger partial charge in [0.05, 0.1) is 11.2 Å². The lowest BCUT2D eigenvalue weighted by Gasteiger charge is -2.05. The third-order valence-corrected chi connectivity index (χ3v) is 4.85. The zero-order valence-electron chi connectivity index (χ0n) is 14.7. The largest absolute Gasteiger partial charge is 0.341 e. The lowest BCUT2D eigenvalue weighted by atomic mass is 10.00. The van der Waals surface area contributed by atoms with E-state index in [0.29, 0.717) is 0 Å². The quantitative estimate of drug-likeness (QED) is 0.564. The standard InChI is InChI=1S/C22H18N4/c1-13-3-5-15(6-4-13)16-7-9-17(10-8-16)19-11-18-12-20-22(24-14(2)23-20)26-21(18)25-19/h3-10,12H,11H2,1-2H3,(H,23,24,26). The second-order valence-corrected chi connectivity index (χ2v) is 6.84. The van der Waals surface area contributed by atoms with Crippen LogP contribution in [-0.2, 0) is 6.42 Å². The molecule has 0 spiro atoms. The van der Waals surface area contributed by atoms with Crippen molar-refractivity contribution < 1.29 is 0 Å². The number of H-pyrrole nitrogens is 1. The van der Waals surface area contributed by atoms with Crippen LogP contribution in [0.5, 0.6) is 0 Å². The Morgan fingerprint density at radius 1 is 0.808 bits per heavy atom. The highest BCUT2D eigenvalue weighted by Crippen LogP contribution is 2.30. The lowest BCUT2D eigenvalue weighted by molar-refractivity contribution is 1.16. The van der Waals surface area contributed by atoms with Gasteiger partial charge in [0.25, 0.3) is 0 Å². The van der Waals surface area contributed by atoms with Gasteiger partial charge < -0.3 is 4.98 Å². The van der Waals surface area contributed by atoms with Gasteiger partial charge in [-0.1, -0.05) is 54.1 Å². The van der Waals surface area contributed by atoms with Crippen molar-refractivity contribution in [3.63, 3.8) is 0 Å². The Morgan fingerprint density at radius 3 is 2.19 bits per heavy atom. The van der Waals surface area contributed by atoms with Crippen LogP contribution in [0.2, 0.25) is 0 Å². The molecule has 1 aliphatic heterocycles. The Labute approximate surface area is 151 Å². The maximum atomic E-state index is 4.75. The third-order valence-electron chi connectivity index (χ3n) is 4.85. The number of rotatable bonds is 2. The van der Waals surface area contributed by atoms with Gasteiger partial charge >= 0.3 is 0 Å². The van der Waals surface area contributed by atoms with Crippen LogP contribution in [0.1, 0.15) is 22.5 Å². The predicted molar refractivity (Wildman–Crippen MR) is 105 cm³/mol. The summed E-state index contributed by atoms with van der Waals surface area (Å²) in [5, 5.41) is 0. The van der Waals surface area contributed by atoms with Crippen LogP contribution in [-0.4, -0.2) is 20.7 Å². The molecule has 0 aliphatic carbocycles. The number of aromatic amines is 1. The van der Waals surface area contributed by atoms with Crippen LogP contribution in [0, 0.1) is 13.8 Å². The monoisotopic (exact) mass is 338 g/mol. The summed E-state index contributed by atoms with van der Waals surface area (Å²) in [5.74, 6) is 1.67. The third kappa shape index (κ3) is 2.51. The van der Waals surface area contributed by atoms with Crippen LogP contribution in [0.4, 0.5) is 5.82 Å².